The molecule has 0 saturated carbocycles. The highest BCUT2D eigenvalue weighted by Crippen LogP contribution is 2.24. The highest BCUT2D eigenvalue weighted by molar-refractivity contribution is 6.42. The van der Waals surface area contributed by atoms with Crippen molar-refractivity contribution >= 4 is 29.0 Å². The fourth-order valence-corrected chi connectivity index (χ4v) is 3.57. The van der Waals surface area contributed by atoms with Gasteiger partial charge in [-0.15, -0.1) is 0 Å². The van der Waals surface area contributed by atoms with Crippen molar-refractivity contribution in [1.82, 2.24) is 4.90 Å². The van der Waals surface area contributed by atoms with E-state index in [0.29, 0.717) is 15.6 Å². The molecule has 0 spiro atoms. The zero-order valence-electron chi connectivity index (χ0n) is 13.9. The average molecular weight is 380 g/mol. The number of Topliss-reactive ketones (excluding diaryl/α,β-unsaturated/α-hetero) is 1. The minimum absolute atomic E-state index is 0.0340. The molecule has 132 valence electrons. The second-order valence-corrected chi connectivity index (χ2v) is 7.30. The molecule has 25 heavy (non-hydrogen) atoms. The number of likely N-dealkylation sites (tertiary alicyclic amines) is 1. The van der Waals surface area contributed by atoms with Gasteiger partial charge in [-0.3, -0.25) is 4.79 Å². The highest BCUT2D eigenvalue weighted by atomic mass is 35.5. The van der Waals surface area contributed by atoms with Crippen molar-refractivity contribution < 1.29 is 9.18 Å². The van der Waals surface area contributed by atoms with Crippen LogP contribution in [0.5, 0.6) is 0 Å². The predicted octanol–water partition coefficient (Wildman–Crippen LogP) is 5.27. The van der Waals surface area contributed by atoms with Gasteiger partial charge in [-0.05, 0) is 74.3 Å². The fourth-order valence-electron chi connectivity index (χ4n) is 3.25. The second kappa shape index (κ2) is 8.31. The number of carbonyl (C=O) groups is 1. The smallest absolute Gasteiger partial charge is 0.166 e. The number of nitrogens with zero attached hydrogens (tertiary/aromatic N) is 1. The Labute approximate surface area is 157 Å². The molecule has 2 nitrogen and oxygen atoms in total. The van der Waals surface area contributed by atoms with E-state index in [1.54, 1.807) is 12.1 Å². The number of halogens is 3. The molecule has 1 fully saturated rings. The summed E-state index contributed by atoms with van der Waals surface area (Å²) >= 11 is 12.0. The van der Waals surface area contributed by atoms with E-state index < -0.39 is 0 Å². The Hall–Kier alpha value is -1.42. The minimum atomic E-state index is -0.311. The number of rotatable bonds is 5. The van der Waals surface area contributed by atoms with Crippen molar-refractivity contribution in [3.63, 3.8) is 0 Å². The van der Waals surface area contributed by atoms with Gasteiger partial charge in [0.05, 0.1) is 10.0 Å². The third kappa shape index (κ3) is 4.81. The molecule has 0 N–H and O–H groups in total. The Kier molecular flexibility index (Phi) is 6.10. The van der Waals surface area contributed by atoms with Gasteiger partial charge in [0, 0.05) is 18.0 Å². The van der Waals surface area contributed by atoms with Crippen molar-refractivity contribution in [1.29, 1.82) is 0 Å². The summed E-state index contributed by atoms with van der Waals surface area (Å²) in [6.45, 7) is 2.74. The molecule has 3 rings (SSSR count). The Balaban J connectivity index is 1.49. The van der Waals surface area contributed by atoms with Crippen LogP contribution < -0.4 is 0 Å². The maximum atomic E-state index is 13.0. The zero-order valence-corrected chi connectivity index (χ0v) is 15.4. The summed E-state index contributed by atoms with van der Waals surface area (Å²) in [7, 11) is 0. The number of ketones is 1. The average Bonchev–Trinajstić information content (AvgIpc) is 2.63. The maximum absolute atomic E-state index is 13.0. The van der Waals surface area contributed by atoms with Gasteiger partial charge in [0.25, 0.3) is 0 Å². The molecule has 1 heterocycles. The quantitative estimate of drug-likeness (QED) is 0.659. The lowest BCUT2D eigenvalue weighted by atomic mass is 9.89. The molecule has 0 aliphatic carbocycles. The SMILES string of the molecule is O=C(c1ccc(F)cc1)C1CCN(CCc2ccc(Cl)c(Cl)c2)CC1. The lowest BCUT2D eigenvalue weighted by Crippen LogP contribution is -2.37. The van der Waals surface area contributed by atoms with E-state index >= 15 is 0 Å². The van der Waals surface area contributed by atoms with Crippen LogP contribution in [0, 0.1) is 11.7 Å². The van der Waals surface area contributed by atoms with Gasteiger partial charge in [-0.25, -0.2) is 4.39 Å². The molecule has 0 unspecified atom stereocenters. The van der Waals surface area contributed by atoms with Crippen LogP contribution in [-0.2, 0) is 6.42 Å². The molecule has 0 bridgehead atoms. The normalized spacial score (nSPS) is 16.1. The summed E-state index contributed by atoms with van der Waals surface area (Å²) in [6, 6.07) is 11.6. The third-order valence-electron chi connectivity index (χ3n) is 4.79. The molecule has 0 atom stereocenters. The molecule has 1 aliphatic rings. The van der Waals surface area contributed by atoms with Gasteiger partial charge in [0.2, 0.25) is 0 Å². The van der Waals surface area contributed by atoms with Crippen LogP contribution in [0.1, 0.15) is 28.8 Å². The van der Waals surface area contributed by atoms with Crippen LogP contribution in [0.15, 0.2) is 42.5 Å². The molecular weight excluding hydrogens is 360 g/mol. The van der Waals surface area contributed by atoms with E-state index in [4.69, 9.17) is 23.2 Å². The first-order valence-corrected chi connectivity index (χ1v) is 9.24. The Morgan fingerprint density at radius 1 is 1.04 bits per heavy atom. The second-order valence-electron chi connectivity index (χ2n) is 6.49. The van der Waals surface area contributed by atoms with Gasteiger partial charge < -0.3 is 4.90 Å². The summed E-state index contributed by atoms with van der Waals surface area (Å²) in [6.07, 6.45) is 2.60. The number of hydrogen-bond acceptors (Lipinski definition) is 2. The van der Waals surface area contributed by atoms with Crippen molar-refractivity contribution in [2.45, 2.75) is 19.3 Å². The van der Waals surface area contributed by atoms with Gasteiger partial charge in [-0.1, -0.05) is 29.3 Å². The lowest BCUT2D eigenvalue weighted by molar-refractivity contribution is 0.0841. The largest absolute Gasteiger partial charge is 0.303 e. The van der Waals surface area contributed by atoms with E-state index in [2.05, 4.69) is 4.90 Å². The van der Waals surface area contributed by atoms with Crippen LogP contribution >= 0.6 is 23.2 Å². The molecule has 0 radical (unpaired) electrons. The van der Waals surface area contributed by atoms with E-state index in [1.807, 2.05) is 18.2 Å². The van der Waals surface area contributed by atoms with Crippen LogP contribution in [0.25, 0.3) is 0 Å². The molecule has 0 aromatic heterocycles. The Morgan fingerprint density at radius 3 is 2.36 bits per heavy atom. The van der Waals surface area contributed by atoms with E-state index in [0.717, 1.165) is 38.9 Å². The van der Waals surface area contributed by atoms with Crippen LogP contribution in [-0.4, -0.2) is 30.3 Å². The molecule has 0 amide bonds. The monoisotopic (exact) mass is 379 g/mol. The summed E-state index contributed by atoms with van der Waals surface area (Å²) in [4.78, 5) is 14.9. The van der Waals surface area contributed by atoms with Gasteiger partial charge >= 0.3 is 0 Å². The molecular formula is C20H20Cl2FNO. The van der Waals surface area contributed by atoms with E-state index in [-0.39, 0.29) is 17.5 Å². The molecule has 5 heteroatoms. The third-order valence-corrected chi connectivity index (χ3v) is 5.53. The highest BCUT2D eigenvalue weighted by Gasteiger charge is 2.25. The molecule has 2 aromatic rings. The topological polar surface area (TPSA) is 20.3 Å². The van der Waals surface area contributed by atoms with E-state index in [1.165, 1.54) is 17.7 Å². The van der Waals surface area contributed by atoms with Crippen LogP contribution in [0.2, 0.25) is 10.0 Å². The first-order valence-electron chi connectivity index (χ1n) is 8.49. The molecule has 2 aromatic carbocycles. The zero-order chi connectivity index (χ0) is 17.8. The number of hydrogen-bond donors (Lipinski definition) is 0. The fraction of sp³-hybridized carbons (Fsp3) is 0.350. The maximum Gasteiger partial charge on any atom is 0.166 e. The van der Waals surface area contributed by atoms with E-state index in [9.17, 15) is 9.18 Å². The standard InChI is InChI=1S/C20H20Cl2FNO/c21-18-6-1-14(13-19(18)22)7-10-24-11-8-16(9-12-24)20(25)15-2-4-17(23)5-3-15/h1-6,13,16H,7-12H2. The first-order chi connectivity index (χ1) is 12.0. The molecule has 1 saturated heterocycles. The predicted molar refractivity (Wildman–Crippen MR) is 100 cm³/mol. The summed E-state index contributed by atoms with van der Waals surface area (Å²) in [5.41, 5.74) is 1.77. The van der Waals surface area contributed by atoms with Crippen molar-refractivity contribution in [2.24, 2.45) is 5.92 Å². The summed E-state index contributed by atoms with van der Waals surface area (Å²) < 4.78 is 13.0. The summed E-state index contributed by atoms with van der Waals surface area (Å²) in [5, 5.41) is 1.16. The van der Waals surface area contributed by atoms with Crippen LogP contribution in [0.4, 0.5) is 4.39 Å². The van der Waals surface area contributed by atoms with Crippen molar-refractivity contribution in [3.8, 4) is 0 Å². The van der Waals surface area contributed by atoms with Gasteiger partial charge in [-0.2, -0.15) is 0 Å². The minimum Gasteiger partial charge on any atom is -0.303 e. The first kappa shape index (κ1) is 18.4. The van der Waals surface area contributed by atoms with Crippen LogP contribution in [0.3, 0.4) is 0 Å². The lowest BCUT2D eigenvalue weighted by Gasteiger charge is -2.31. The summed E-state index contributed by atoms with van der Waals surface area (Å²) in [5.74, 6) is -0.149. The van der Waals surface area contributed by atoms with Gasteiger partial charge in [0.15, 0.2) is 5.78 Å². The molecule has 1 aliphatic heterocycles. The number of benzene rings is 2. The Morgan fingerprint density at radius 2 is 1.72 bits per heavy atom. The number of piperidine rings is 1. The Bertz CT molecular complexity index is 740. The number of carbonyl (C=O) groups excluding carboxylic acids is 1. The van der Waals surface area contributed by atoms with Crippen molar-refractivity contribution in [2.75, 3.05) is 19.6 Å². The van der Waals surface area contributed by atoms with Gasteiger partial charge in [0.1, 0.15) is 5.82 Å². The van der Waals surface area contributed by atoms with Crippen molar-refractivity contribution in [3.05, 3.63) is 69.5 Å².